The fraction of sp³-hybridized carbons (Fsp3) is 0.667. The number of nitrogens with one attached hydrogen (secondary N) is 1. The third kappa shape index (κ3) is 6.59. The Labute approximate surface area is 192 Å². The van der Waals surface area contributed by atoms with E-state index in [2.05, 4.69) is 49.8 Å². The van der Waals surface area contributed by atoms with Crippen LogP contribution in [0, 0.1) is 5.41 Å². The highest BCUT2D eigenvalue weighted by atomic mass is 16.5. The lowest BCUT2D eigenvalue weighted by molar-refractivity contribution is -0.142. The van der Waals surface area contributed by atoms with E-state index in [0.29, 0.717) is 12.5 Å². The first-order valence-electron chi connectivity index (χ1n) is 11.3. The Hall–Kier alpha value is -2.32. The number of rotatable bonds is 8. The minimum absolute atomic E-state index is 0.248. The lowest BCUT2D eigenvalue weighted by Crippen LogP contribution is -2.40. The maximum atomic E-state index is 10.1. The summed E-state index contributed by atoms with van der Waals surface area (Å²) >= 11 is 0. The molecule has 1 aliphatic carbocycles. The van der Waals surface area contributed by atoms with Crippen LogP contribution < -0.4 is 20.7 Å². The van der Waals surface area contributed by atoms with Gasteiger partial charge in [0, 0.05) is 11.5 Å². The molecule has 1 aliphatic heterocycles. The molecule has 3 rings (SSSR count). The van der Waals surface area contributed by atoms with E-state index in [1.807, 2.05) is 0 Å². The number of carbonyl (C=O) groups excluding carboxylic acids is 1. The average Bonchev–Trinajstić information content (AvgIpc) is 3.48. The van der Waals surface area contributed by atoms with Gasteiger partial charge in [0.25, 0.3) is 0 Å². The van der Waals surface area contributed by atoms with E-state index in [1.165, 1.54) is 37.8 Å². The zero-order chi connectivity index (χ0) is 24.4. The number of likely N-dealkylation sites (N-methyl/N-ethyl adjacent to an activating group) is 1. The summed E-state index contributed by atoms with van der Waals surface area (Å²) in [5, 5.41) is 8.31. The number of benzene rings is 1. The first-order chi connectivity index (χ1) is 15.2. The van der Waals surface area contributed by atoms with Gasteiger partial charge in [-0.2, -0.15) is 0 Å². The molecule has 1 aromatic rings. The van der Waals surface area contributed by atoms with E-state index in [4.69, 9.17) is 19.4 Å². The first-order valence-corrected chi connectivity index (χ1v) is 11.3. The number of nitrogens with two attached hydrogens (primary N) is 1. The Kier molecular flexibility index (Phi) is 11.0. The van der Waals surface area contributed by atoms with Gasteiger partial charge in [0.15, 0.2) is 11.5 Å². The molecule has 32 heavy (non-hydrogen) atoms. The number of likely N-dealkylation sites (tertiary alicyclic amines) is 1. The van der Waals surface area contributed by atoms with Crippen molar-refractivity contribution >= 4 is 12.4 Å². The smallest absolute Gasteiger partial charge is 0.309 e. The number of hydrogen-bond acceptors (Lipinski definition) is 6. The molecule has 1 saturated carbocycles. The minimum Gasteiger partial charge on any atom is -0.493 e. The number of hydrogen-bond donors (Lipinski definition) is 3. The van der Waals surface area contributed by atoms with Crippen molar-refractivity contribution in [3.8, 4) is 11.5 Å². The largest absolute Gasteiger partial charge is 0.493 e. The normalized spacial score (nSPS) is 23.0. The second kappa shape index (κ2) is 12.6. The minimum atomic E-state index is -0.646. The van der Waals surface area contributed by atoms with Crippen LogP contribution in [0.15, 0.2) is 18.2 Å². The summed E-state index contributed by atoms with van der Waals surface area (Å²) in [5.74, 6) is 5.42. The molecule has 0 spiro atoms. The first kappa shape index (κ1) is 27.7. The molecule has 182 valence electrons. The molecule has 2 fully saturated rings. The van der Waals surface area contributed by atoms with Crippen LogP contribution in [0.3, 0.4) is 0 Å². The number of carboxylic acid groups (broad SMARTS) is 1. The van der Waals surface area contributed by atoms with Crippen LogP contribution in [0.5, 0.6) is 11.5 Å². The molecule has 0 aromatic heterocycles. The molecule has 8 heteroatoms. The van der Waals surface area contributed by atoms with Crippen molar-refractivity contribution in [1.29, 1.82) is 0 Å². The summed E-state index contributed by atoms with van der Waals surface area (Å²) in [6, 6.07) is 7.08. The van der Waals surface area contributed by atoms with Gasteiger partial charge < -0.3 is 19.5 Å². The summed E-state index contributed by atoms with van der Waals surface area (Å²) in [7, 11) is 5.66. The maximum absolute atomic E-state index is 10.1. The molecule has 8 nitrogen and oxygen atoms in total. The fourth-order valence-electron chi connectivity index (χ4n) is 4.59. The van der Waals surface area contributed by atoms with E-state index in [-0.39, 0.29) is 10.8 Å². The van der Waals surface area contributed by atoms with E-state index < -0.39 is 5.97 Å². The molecule has 1 aromatic carbocycles. The molecular weight excluding hydrogens is 410 g/mol. The third-order valence-corrected chi connectivity index (χ3v) is 6.71. The van der Waals surface area contributed by atoms with E-state index in [1.54, 1.807) is 26.6 Å². The lowest BCUT2D eigenvalue weighted by atomic mass is 9.70. The second-order valence-corrected chi connectivity index (χ2v) is 8.78. The van der Waals surface area contributed by atoms with Gasteiger partial charge in [-0.25, -0.2) is 5.84 Å². The molecule has 4 N–H and O–H groups in total. The highest BCUT2D eigenvalue weighted by Gasteiger charge is 2.46. The number of carbonyl (C=O) groups is 2. The molecule has 2 atom stereocenters. The van der Waals surface area contributed by atoms with Crippen molar-refractivity contribution in [2.24, 2.45) is 11.3 Å². The van der Waals surface area contributed by atoms with Crippen molar-refractivity contribution in [3.63, 3.8) is 0 Å². The predicted molar refractivity (Wildman–Crippen MR) is 126 cm³/mol. The number of methoxy groups -OCH3 is 2. The zero-order valence-corrected chi connectivity index (χ0v) is 20.4. The summed E-state index contributed by atoms with van der Waals surface area (Å²) < 4.78 is 10.9. The van der Waals surface area contributed by atoms with Gasteiger partial charge in [-0.15, -0.1) is 0 Å². The van der Waals surface area contributed by atoms with Crippen LogP contribution in [0.4, 0.5) is 0 Å². The van der Waals surface area contributed by atoms with Crippen LogP contribution in [0.1, 0.15) is 64.9 Å². The molecule has 2 aliphatic rings. The quantitative estimate of drug-likeness (QED) is 0.240. The van der Waals surface area contributed by atoms with Gasteiger partial charge >= 0.3 is 5.97 Å². The van der Waals surface area contributed by atoms with Crippen molar-refractivity contribution in [2.75, 3.05) is 27.8 Å². The topological polar surface area (TPSA) is 114 Å². The van der Waals surface area contributed by atoms with E-state index in [0.717, 1.165) is 24.3 Å². The number of nitrogens with zero attached hydrogens (tertiary/aromatic N) is 1. The van der Waals surface area contributed by atoms with Gasteiger partial charge in [0.1, 0.15) is 0 Å². The van der Waals surface area contributed by atoms with Gasteiger partial charge in [-0.1, -0.05) is 26.3 Å². The van der Waals surface area contributed by atoms with Crippen molar-refractivity contribution in [3.05, 3.63) is 23.8 Å². The van der Waals surface area contributed by atoms with E-state index >= 15 is 0 Å². The molecule has 1 amide bonds. The average molecular weight is 452 g/mol. The van der Waals surface area contributed by atoms with Gasteiger partial charge in [-0.05, 0) is 70.3 Å². The van der Waals surface area contributed by atoms with Crippen molar-refractivity contribution < 1.29 is 24.2 Å². The summed E-state index contributed by atoms with van der Waals surface area (Å²) in [6.45, 7) is 7.54. The highest BCUT2D eigenvalue weighted by Crippen LogP contribution is 2.46. The zero-order valence-electron chi connectivity index (χ0n) is 20.4. The Morgan fingerprint density at radius 2 is 1.84 bits per heavy atom. The van der Waals surface area contributed by atoms with Crippen molar-refractivity contribution in [2.45, 2.75) is 70.8 Å². The van der Waals surface area contributed by atoms with Crippen LogP contribution in [-0.2, 0) is 15.0 Å². The lowest BCUT2D eigenvalue weighted by Gasteiger charge is -2.38. The second-order valence-electron chi connectivity index (χ2n) is 8.78. The predicted octanol–water partition coefficient (Wildman–Crippen LogP) is 3.33. The summed E-state index contributed by atoms with van der Waals surface area (Å²) in [6.07, 6.45) is 6.98. The Morgan fingerprint density at radius 1 is 1.25 bits per heavy atom. The van der Waals surface area contributed by atoms with Crippen LogP contribution >= 0.6 is 0 Å². The molecule has 0 bridgehead atoms. The number of carboxylic acids is 1. The molecule has 0 radical (unpaired) electrons. The van der Waals surface area contributed by atoms with Gasteiger partial charge in [0.2, 0.25) is 6.41 Å². The number of amides is 1. The van der Waals surface area contributed by atoms with Crippen LogP contribution in [0.2, 0.25) is 0 Å². The molecule has 1 saturated heterocycles. The molecule has 1 unspecified atom stereocenters. The maximum Gasteiger partial charge on any atom is 0.309 e. The third-order valence-electron chi connectivity index (χ3n) is 6.71. The Bertz CT molecular complexity index is 734. The standard InChI is InChI=1S/C18H29NO2.C5H8O2.CH4N2O/c1-6-10-18(11-12-19(3)17(18)7-2)14-8-9-15(20-4)16(13-14)21-5;1-5(2-3-5)4(6)7;2-3-1-4/h8-9,13,17H,6-7,10-12H2,1-5H3;2-3H2,1H3,(H,6,7);1H,2H2,(H,3,4)/t17?,18-;;/m0../s1. The van der Waals surface area contributed by atoms with Crippen molar-refractivity contribution in [1.82, 2.24) is 10.3 Å². The Balaban J connectivity index is 0.000000382. The van der Waals surface area contributed by atoms with Crippen LogP contribution in [-0.4, -0.2) is 56.2 Å². The molecule has 1 heterocycles. The fourth-order valence-corrected chi connectivity index (χ4v) is 4.59. The van der Waals surface area contributed by atoms with Crippen LogP contribution in [0.25, 0.3) is 0 Å². The van der Waals surface area contributed by atoms with Gasteiger partial charge in [-0.3, -0.25) is 15.0 Å². The summed E-state index contributed by atoms with van der Waals surface area (Å²) in [4.78, 5) is 21.5. The number of ether oxygens (including phenoxy) is 2. The molecular formula is C24H41N3O5. The monoisotopic (exact) mass is 451 g/mol. The number of hydrazine groups is 1. The highest BCUT2D eigenvalue weighted by molar-refractivity contribution is 5.77. The number of aliphatic carboxylic acids is 1. The van der Waals surface area contributed by atoms with E-state index in [9.17, 15) is 4.79 Å². The Morgan fingerprint density at radius 3 is 2.22 bits per heavy atom. The van der Waals surface area contributed by atoms with Gasteiger partial charge in [0.05, 0.1) is 19.6 Å². The SMILES string of the molecule is CC1(C(=O)O)CC1.CCC[C@@]1(c2ccc(OC)c(OC)c2)CCN(C)C1CC.NNC=O. The summed E-state index contributed by atoms with van der Waals surface area (Å²) in [5.41, 5.74) is 3.07.